The lowest BCUT2D eigenvalue weighted by Crippen LogP contribution is -2.09. The van der Waals surface area contributed by atoms with Crippen molar-refractivity contribution in [2.75, 3.05) is 11.9 Å². The Morgan fingerprint density at radius 3 is 2.54 bits per heavy atom. The molecule has 0 aliphatic carbocycles. The monoisotopic (exact) mass is 375 g/mol. The third-order valence-corrected chi connectivity index (χ3v) is 4.38. The average Bonchev–Trinajstić information content (AvgIpc) is 2.88. The van der Waals surface area contributed by atoms with E-state index in [9.17, 15) is 4.39 Å². The van der Waals surface area contributed by atoms with Crippen LogP contribution in [0.25, 0.3) is 11.6 Å². The molecule has 9 heteroatoms. The lowest BCUT2D eigenvalue weighted by atomic mass is 10.1. The first-order chi connectivity index (χ1) is 12.5. The van der Waals surface area contributed by atoms with E-state index in [-0.39, 0.29) is 16.8 Å². The molecule has 0 saturated heterocycles. The fourth-order valence-corrected chi connectivity index (χ4v) is 2.87. The summed E-state index contributed by atoms with van der Waals surface area (Å²) in [4.78, 5) is 16.2. The van der Waals surface area contributed by atoms with Gasteiger partial charge in [-0.3, -0.25) is 4.68 Å². The Hall–Kier alpha value is -2.61. The second kappa shape index (κ2) is 7.74. The van der Waals surface area contributed by atoms with Gasteiger partial charge in [0.15, 0.2) is 16.8 Å². The zero-order valence-electron chi connectivity index (χ0n) is 14.8. The summed E-state index contributed by atoms with van der Waals surface area (Å²) in [7, 11) is 1.93. The molecular weight excluding hydrogens is 357 g/mol. The second-order valence-corrected chi connectivity index (χ2v) is 6.23. The first-order valence-corrected chi connectivity index (χ1v) is 8.58. The van der Waals surface area contributed by atoms with Crippen LogP contribution in [0.5, 0.6) is 0 Å². The summed E-state index contributed by atoms with van der Waals surface area (Å²) in [5, 5.41) is 7.13. The Kier molecular flexibility index (Phi) is 5.41. The molecule has 0 unspecified atom stereocenters. The van der Waals surface area contributed by atoms with Crippen LogP contribution < -0.4 is 5.32 Å². The molecular formula is C17H19ClFN7. The number of nitrogens with one attached hydrogen (secondary N) is 1. The van der Waals surface area contributed by atoms with Crippen LogP contribution in [0.3, 0.4) is 0 Å². The molecule has 0 aromatic carbocycles. The van der Waals surface area contributed by atoms with Gasteiger partial charge in [-0.2, -0.15) is 9.49 Å². The molecule has 3 heterocycles. The zero-order valence-corrected chi connectivity index (χ0v) is 15.5. The molecule has 26 heavy (non-hydrogen) atoms. The number of hydrogen-bond donors (Lipinski definition) is 1. The standard InChI is InChI=1S/C17H19ClFN7/c1-10-12(11(2)26(3)25-10)6-4-7-20-15-13(19)14(18)23-17(24-15)16-21-8-5-9-22-16/h5,8-9H,4,6-7H2,1-3H3,(H,20,23,24). The van der Waals surface area contributed by atoms with E-state index in [1.165, 1.54) is 5.56 Å². The molecule has 0 aliphatic heterocycles. The van der Waals surface area contributed by atoms with Crippen molar-refractivity contribution in [3.63, 3.8) is 0 Å². The van der Waals surface area contributed by atoms with Gasteiger partial charge in [0.05, 0.1) is 5.69 Å². The van der Waals surface area contributed by atoms with Crippen molar-refractivity contribution in [3.8, 4) is 11.6 Å². The quantitative estimate of drug-likeness (QED) is 0.526. The fourth-order valence-electron chi connectivity index (χ4n) is 2.70. The van der Waals surface area contributed by atoms with Crippen LogP contribution in [0.15, 0.2) is 18.5 Å². The zero-order chi connectivity index (χ0) is 18.7. The lowest BCUT2D eigenvalue weighted by Gasteiger charge is -2.09. The predicted molar refractivity (Wildman–Crippen MR) is 97.5 cm³/mol. The van der Waals surface area contributed by atoms with Gasteiger partial charge in [0.1, 0.15) is 0 Å². The average molecular weight is 376 g/mol. The summed E-state index contributed by atoms with van der Waals surface area (Å²) in [6.45, 7) is 4.57. The molecule has 0 radical (unpaired) electrons. The van der Waals surface area contributed by atoms with Crippen LogP contribution in [0.2, 0.25) is 5.15 Å². The Balaban J connectivity index is 1.69. The van der Waals surface area contributed by atoms with Crippen LogP contribution in [-0.4, -0.2) is 36.3 Å². The molecule has 0 bridgehead atoms. The van der Waals surface area contributed by atoms with Crippen LogP contribution in [0.1, 0.15) is 23.4 Å². The Morgan fingerprint density at radius 2 is 1.88 bits per heavy atom. The molecule has 0 saturated carbocycles. The first-order valence-electron chi connectivity index (χ1n) is 8.20. The van der Waals surface area contributed by atoms with Crippen LogP contribution >= 0.6 is 11.6 Å². The fraction of sp³-hybridized carbons (Fsp3) is 0.353. The summed E-state index contributed by atoms with van der Waals surface area (Å²) < 4.78 is 16.1. The van der Waals surface area contributed by atoms with Gasteiger partial charge in [0.25, 0.3) is 0 Å². The number of anilines is 1. The molecule has 0 amide bonds. The summed E-state index contributed by atoms with van der Waals surface area (Å²) in [5.41, 5.74) is 3.38. The predicted octanol–water partition coefficient (Wildman–Crippen LogP) is 3.12. The van der Waals surface area contributed by atoms with Crippen LogP contribution in [0, 0.1) is 19.7 Å². The largest absolute Gasteiger partial charge is 0.367 e. The van der Waals surface area contributed by atoms with E-state index >= 15 is 0 Å². The molecule has 0 fully saturated rings. The topological polar surface area (TPSA) is 81.4 Å². The van der Waals surface area contributed by atoms with Crippen molar-refractivity contribution in [2.45, 2.75) is 26.7 Å². The highest BCUT2D eigenvalue weighted by atomic mass is 35.5. The van der Waals surface area contributed by atoms with Crippen molar-refractivity contribution in [3.05, 3.63) is 46.4 Å². The number of aromatic nitrogens is 6. The number of halogens is 2. The Labute approximate surface area is 155 Å². The van der Waals surface area contributed by atoms with E-state index in [1.54, 1.807) is 18.5 Å². The van der Waals surface area contributed by atoms with Gasteiger partial charge < -0.3 is 5.32 Å². The van der Waals surface area contributed by atoms with E-state index in [0.717, 1.165) is 24.2 Å². The molecule has 136 valence electrons. The summed E-state index contributed by atoms with van der Waals surface area (Å²) >= 11 is 5.89. The minimum Gasteiger partial charge on any atom is -0.367 e. The summed E-state index contributed by atoms with van der Waals surface area (Å²) in [6, 6.07) is 1.68. The number of rotatable bonds is 6. The highest BCUT2D eigenvalue weighted by Crippen LogP contribution is 2.22. The van der Waals surface area contributed by atoms with Crippen molar-refractivity contribution in [1.82, 2.24) is 29.7 Å². The SMILES string of the molecule is Cc1nn(C)c(C)c1CCCNc1nc(-c2ncccn2)nc(Cl)c1F. The maximum Gasteiger partial charge on any atom is 0.202 e. The molecule has 3 aromatic heterocycles. The van der Waals surface area contributed by atoms with Crippen molar-refractivity contribution >= 4 is 17.4 Å². The molecule has 7 nitrogen and oxygen atoms in total. The van der Waals surface area contributed by atoms with Crippen LogP contribution in [0.4, 0.5) is 10.2 Å². The molecule has 0 atom stereocenters. The molecule has 1 N–H and O–H groups in total. The maximum absolute atomic E-state index is 14.2. The van der Waals surface area contributed by atoms with E-state index in [1.807, 2.05) is 25.6 Å². The van der Waals surface area contributed by atoms with E-state index in [0.29, 0.717) is 12.4 Å². The third-order valence-electron chi connectivity index (χ3n) is 4.13. The Morgan fingerprint density at radius 1 is 1.15 bits per heavy atom. The van der Waals surface area contributed by atoms with Gasteiger partial charge in [-0.15, -0.1) is 0 Å². The van der Waals surface area contributed by atoms with Gasteiger partial charge in [-0.1, -0.05) is 11.6 Å². The van der Waals surface area contributed by atoms with Crippen molar-refractivity contribution in [2.24, 2.45) is 7.05 Å². The highest BCUT2D eigenvalue weighted by Gasteiger charge is 2.15. The molecule has 0 aliphatic rings. The normalized spacial score (nSPS) is 11.0. The Bertz CT molecular complexity index is 911. The van der Waals surface area contributed by atoms with Gasteiger partial charge in [-0.25, -0.2) is 19.9 Å². The van der Waals surface area contributed by atoms with Crippen LogP contribution in [-0.2, 0) is 13.5 Å². The summed E-state index contributed by atoms with van der Waals surface area (Å²) in [6.07, 6.45) is 4.77. The first kappa shape index (κ1) is 18.2. The third kappa shape index (κ3) is 3.80. The number of aryl methyl sites for hydroxylation is 2. The van der Waals surface area contributed by atoms with E-state index < -0.39 is 5.82 Å². The second-order valence-electron chi connectivity index (χ2n) is 5.88. The minimum absolute atomic E-state index is 0.0482. The summed E-state index contributed by atoms with van der Waals surface area (Å²) in [5.74, 6) is -0.162. The smallest absolute Gasteiger partial charge is 0.202 e. The minimum atomic E-state index is -0.680. The number of hydrogen-bond acceptors (Lipinski definition) is 6. The molecule has 3 rings (SSSR count). The lowest BCUT2D eigenvalue weighted by molar-refractivity contribution is 0.617. The number of nitrogens with zero attached hydrogens (tertiary/aromatic N) is 6. The van der Waals surface area contributed by atoms with E-state index in [4.69, 9.17) is 11.6 Å². The molecule has 3 aromatic rings. The maximum atomic E-state index is 14.2. The van der Waals surface area contributed by atoms with Gasteiger partial charge in [0, 0.05) is 31.7 Å². The molecule has 0 spiro atoms. The highest BCUT2D eigenvalue weighted by molar-refractivity contribution is 6.29. The van der Waals surface area contributed by atoms with Gasteiger partial charge in [0.2, 0.25) is 11.6 Å². The van der Waals surface area contributed by atoms with Gasteiger partial charge in [-0.05, 0) is 38.3 Å². The van der Waals surface area contributed by atoms with Crippen molar-refractivity contribution < 1.29 is 4.39 Å². The van der Waals surface area contributed by atoms with E-state index in [2.05, 4.69) is 30.4 Å². The van der Waals surface area contributed by atoms with Crippen molar-refractivity contribution in [1.29, 1.82) is 0 Å². The van der Waals surface area contributed by atoms with Gasteiger partial charge >= 0.3 is 0 Å².